The van der Waals surface area contributed by atoms with E-state index in [9.17, 15) is 9.59 Å². The highest BCUT2D eigenvalue weighted by Gasteiger charge is 2.30. The van der Waals surface area contributed by atoms with Crippen molar-refractivity contribution in [3.63, 3.8) is 0 Å². The fourth-order valence-corrected chi connectivity index (χ4v) is 2.91. The normalized spacial score (nSPS) is 13.9. The van der Waals surface area contributed by atoms with Crippen LogP contribution >= 0.6 is 0 Å². The molecule has 0 N–H and O–H groups in total. The molecule has 2 aromatic carbocycles. The third-order valence-electron chi connectivity index (χ3n) is 4.14. The van der Waals surface area contributed by atoms with Crippen LogP contribution in [-0.2, 0) is 9.53 Å². The van der Waals surface area contributed by atoms with E-state index in [0.717, 1.165) is 5.56 Å². The molecule has 2 aromatic rings. The highest BCUT2D eigenvalue weighted by Crippen LogP contribution is 2.38. The number of carbonyl (C=O) groups excluding carboxylic acids is 2. The molecule has 0 spiro atoms. The van der Waals surface area contributed by atoms with Gasteiger partial charge in [-0.3, -0.25) is 4.79 Å². The van der Waals surface area contributed by atoms with Gasteiger partial charge >= 0.3 is 5.97 Å². The van der Waals surface area contributed by atoms with Crippen LogP contribution in [-0.4, -0.2) is 39.7 Å². The Morgan fingerprint density at radius 2 is 1.82 bits per heavy atom. The molecule has 0 aliphatic carbocycles. The van der Waals surface area contributed by atoms with Gasteiger partial charge in [0.05, 0.1) is 19.8 Å². The minimum atomic E-state index is -0.535. The molecule has 7 heteroatoms. The Bertz CT molecular complexity index is 959. The van der Waals surface area contributed by atoms with Crippen molar-refractivity contribution in [3.8, 4) is 23.0 Å². The van der Waals surface area contributed by atoms with Gasteiger partial charge in [-0.25, -0.2) is 4.79 Å². The highest BCUT2D eigenvalue weighted by atomic mass is 16.6. The Hall–Kier alpha value is -3.32. The zero-order chi connectivity index (χ0) is 20.3. The maximum Gasteiger partial charge on any atom is 0.337 e. The van der Waals surface area contributed by atoms with Crippen molar-refractivity contribution >= 4 is 17.8 Å². The molecule has 0 bridgehead atoms. The van der Waals surface area contributed by atoms with Crippen LogP contribution < -0.4 is 18.9 Å². The Labute approximate surface area is 162 Å². The number of aryl methyl sites for hydroxylation is 1. The number of esters is 1. The number of Topliss-reactive ketones (excluding diaryl/α,β-unsaturated/α-hetero) is 1. The number of rotatable bonds is 6. The Morgan fingerprint density at radius 3 is 2.50 bits per heavy atom. The second-order valence-corrected chi connectivity index (χ2v) is 6.07. The number of benzene rings is 2. The summed E-state index contributed by atoms with van der Waals surface area (Å²) in [7, 11) is 4.50. The zero-order valence-corrected chi connectivity index (χ0v) is 16.0. The first-order valence-electron chi connectivity index (χ1n) is 8.47. The molecule has 0 radical (unpaired) electrons. The van der Waals surface area contributed by atoms with Crippen molar-refractivity contribution in [2.75, 3.05) is 27.9 Å². The molecule has 0 fully saturated rings. The summed E-state index contributed by atoms with van der Waals surface area (Å²) in [4.78, 5) is 24.4. The van der Waals surface area contributed by atoms with Gasteiger partial charge in [-0.1, -0.05) is 6.07 Å². The van der Waals surface area contributed by atoms with E-state index in [1.807, 2.05) is 0 Å². The lowest BCUT2D eigenvalue weighted by Gasteiger charge is -2.08. The number of hydrogen-bond donors (Lipinski definition) is 0. The average molecular weight is 384 g/mol. The quantitative estimate of drug-likeness (QED) is 0.430. The van der Waals surface area contributed by atoms with E-state index in [1.165, 1.54) is 20.3 Å². The van der Waals surface area contributed by atoms with Crippen LogP contribution in [0.2, 0.25) is 0 Å². The van der Waals surface area contributed by atoms with Gasteiger partial charge in [-0.05, 0) is 42.3 Å². The predicted molar refractivity (Wildman–Crippen MR) is 101 cm³/mol. The first-order valence-corrected chi connectivity index (χ1v) is 8.47. The largest absolute Gasteiger partial charge is 0.493 e. The second-order valence-electron chi connectivity index (χ2n) is 6.07. The maximum absolute atomic E-state index is 12.8. The van der Waals surface area contributed by atoms with Crippen LogP contribution in [0.3, 0.4) is 0 Å². The Balaban J connectivity index is 1.90. The number of fused-ring (bicyclic) bond motifs is 1. The fourth-order valence-electron chi connectivity index (χ4n) is 2.91. The van der Waals surface area contributed by atoms with E-state index in [0.29, 0.717) is 34.1 Å². The van der Waals surface area contributed by atoms with Crippen LogP contribution in [0.15, 0.2) is 36.1 Å². The first kappa shape index (κ1) is 19.4. The fraction of sp³-hybridized carbons (Fsp3) is 0.238. The van der Waals surface area contributed by atoms with E-state index in [4.69, 9.17) is 23.7 Å². The SMILES string of the molecule is COCC(=O)Oc1cc(C)c2c(c1)O/C(=C\c1ccc(OC)c(OC)c1)C2=O. The standard InChI is InChI=1S/C21H20O7/c1-12-7-14(27-19(22)11-24-2)10-17-20(12)21(23)18(28-17)9-13-5-6-15(25-3)16(8-13)26-4/h5-10H,11H2,1-4H3/b18-9-. The summed E-state index contributed by atoms with van der Waals surface area (Å²) < 4.78 is 26.2. The first-order chi connectivity index (χ1) is 13.5. The molecule has 28 heavy (non-hydrogen) atoms. The van der Waals surface area contributed by atoms with Crippen molar-refractivity contribution < 1.29 is 33.3 Å². The lowest BCUT2D eigenvalue weighted by molar-refractivity contribution is -0.138. The number of ether oxygens (including phenoxy) is 5. The van der Waals surface area contributed by atoms with Crippen LogP contribution in [0.1, 0.15) is 21.5 Å². The highest BCUT2D eigenvalue weighted by molar-refractivity contribution is 6.15. The second kappa shape index (κ2) is 8.14. The van der Waals surface area contributed by atoms with Gasteiger partial charge in [0, 0.05) is 13.2 Å². The predicted octanol–water partition coefficient (Wildman–Crippen LogP) is 3.18. The molecule has 146 valence electrons. The van der Waals surface area contributed by atoms with Gasteiger partial charge in [0.1, 0.15) is 18.1 Å². The van der Waals surface area contributed by atoms with E-state index in [-0.39, 0.29) is 18.1 Å². The van der Waals surface area contributed by atoms with Gasteiger partial charge in [0.25, 0.3) is 0 Å². The van der Waals surface area contributed by atoms with Crippen molar-refractivity contribution in [2.45, 2.75) is 6.92 Å². The maximum atomic E-state index is 12.8. The summed E-state index contributed by atoms with van der Waals surface area (Å²) >= 11 is 0. The number of carbonyl (C=O) groups is 2. The summed E-state index contributed by atoms with van der Waals surface area (Å²) in [5.41, 5.74) is 1.81. The minimum absolute atomic E-state index is 0.166. The zero-order valence-electron chi connectivity index (χ0n) is 16.0. The Morgan fingerprint density at radius 1 is 1.07 bits per heavy atom. The molecule has 7 nitrogen and oxygen atoms in total. The van der Waals surface area contributed by atoms with E-state index < -0.39 is 5.97 Å². The number of allylic oxidation sites excluding steroid dienone is 1. The summed E-state index contributed by atoms with van der Waals surface area (Å²) in [5, 5.41) is 0. The molecule has 0 saturated heterocycles. The van der Waals surface area contributed by atoms with Crippen LogP contribution in [0.25, 0.3) is 6.08 Å². The molecule has 0 saturated carbocycles. The van der Waals surface area contributed by atoms with Crippen LogP contribution in [0.4, 0.5) is 0 Å². The summed E-state index contributed by atoms with van der Waals surface area (Å²) in [6.45, 7) is 1.59. The van der Waals surface area contributed by atoms with Crippen LogP contribution in [0, 0.1) is 6.92 Å². The molecule has 0 aromatic heterocycles. The summed E-state index contributed by atoms with van der Waals surface area (Å²) in [6, 6.07) is 8.42. The van der Waals surface area contributed by atoms with Gasteiger partial charge in [-0.2, -0.15) is 0 Å². The molecule has 1 aliphatic heterocycles. The lowest BCUT2D eigenvalue weighted by Crippen LogP contribution is -2.14. The number of hydrogen-bond acceptors (Lipinski definition) is 7. The molecule has 3 rings (SSSR count). The average Bonchev–Trinajstić information content (AvgIpc) is 2.97. The Kier molecular flexibility index (Phi) is 5.65. The molecule has 1 heterocycles. The van der Waals surface area contributed by atoms with Crippen molar-refractivity contribution in [3.05, 3.63) is 52.8 Å². The molecular weight excluding hydrogens is 364 g/mol. The minimum Gasteiger partial charge on any atom is -0.493 e. The van der Waals surface area contributed by atoms with E-state index in [2.05, 4.69) is 0 Å². The van der Waals surface area contributed by atoms with Gasteiger partial charge in [-0.15, -0.1) is 0 Å². The molecular formula is C21H20O7. The third-order valence-corrected chi connectivity index (χ3v) is 4.14. The molecule has 0 amide bonds. The monoisotopic (exact) mass is 384 g/mol. The van der Waals surface area contributed by atoms with Crippen molar-refractivity contribution in [1.82, 2.24) is 0 Å². The van der Waals surface area contributed by atoms with Gasteiger partial charge < -0.3 is 23.7 Å². The van der Waals surface area contributed by atoms with Crippen molar-refractivity contribution in [1.29, 1.82) is 0 Å². The van der Waals surface area contributed by atoms with Crippen LogP contribution in [0.5, 0.6) is 23.0 Å². The van der Waals surface area contributed by atoms with Crippen molar-refractivity contribution in [2.24, 2.45) is 0 Å². The number of ketones is 1. The molecule has 1 aliphatic rings. The topological polar surface area (TPSA) is 80.3 Å². The smallest absolute Gasteiger partial charge is 0.337 e. The molecule has 0 atom stereocenters. The van der Waals surface area contributed by atoms with E-state index >= 15 is 0 Å². The number of methoxy groups -OCH3 is 3. The van der Waals surface area contributed by atoms with Gasteiger partial charge in [0.15, 0.2) is 17.3 Å². The lowest BCUT2D eigenvalue weighted by atomic mass is 10.0. The third kappa shape index (κ3) is 3.84. The van der Waals surface area contributed by atoms with E-state index in [1.54, 1.807) is 44.4 Å². The van der Waals surface area contributed by atoms with Gasteiger partial charge in [0.2, 0.25) is 5.78 Å². The summed E-state index contributed by atoms with van der Waals surface area (Å²) in [5.74, 6) is 1.17. The summed E-state index contributed by atoms with van der Waals surface area (Å²) in [6.07, 6.45) is 1.63. The molecule has 0 unspecified atom stereocenters.